The minimum Gasteiger partial charge on any atom is -0.500 e. The highest BCUT2D eigenvalue weighted by molar-refractivity contribution is 5.92. The summed E-state index contributed by atoms with van der Waals surface area (Å²) in [5.41, 5.74) is 3.52. The number of benzene rings is 1. The largest absolute Gasteiger partial charge is 0.500 e. The molecule has 8 heteroatoms. The average Bonchev–Trinajstić information content (AvgIpc) is 3.26. The van der Waals surface area contributed by atoms with Gasteiger partial charge in [-0.3, -0.25) is 9.89 Å². The summed E-state index contributed by atoms with van der Waals surface area (Å²) in [5, 5.41) is 16.7. The number of hydrogen-bond donors (Lipinski definition) is 3. The zero-order valence-corrected chi connectivity index (χ0v) is 12.8. The Bertz CT molecular complexity index is 883. The number of hydrazone groups is 1. The number of hydrazine groups is 1. The van der Waals surface area contributed by atoms with Gasteiger partial charge in [0.15, 0.2) is 23.9 Å². The van der Waals surface area contributed by atoms with E-state index in [1.165, 1.54) is 13.4 Å². The van der Waals surface area contributed by atoms with Crippen LogP contribution in [0.3, 0.4) is 0 Å². The zero-order valence-electron chi connectivity index (χ0n) is 12.8. The molecule has 24 heavy (non-hydrogen) atoms. The highest BCUT2D eigenvalue weighted by Gasteiger charge is 2.22. The molecule has 3 N–H and O–H groups in total. The highest BCUT2D eigenvalue weighted by Crippen LogP contribution is 2.34. The number of carbonyl (C=O) groups is 1. The smallest absolute Gasteiger partial charge is 0.325 e. The molecule has 0 radical (unpaired) electrons. The van der Waals surface area contributed by atoms with E-state index in [-0.39, 0.29) is 22.9 Å². The van der Waals surface area contributed by atoms with E-state index in [1.807, 2.05) is 0 Å². The number of hydrogen-bond acceptors (Lipinski definition) is 5. The van der Waals surface area contributed by atoms with Crippen molar-refractivity contribution >= 4 is 18.3 Å². The first-order valence-electron chi connectivity index (χ1n) is 6.97. The molecule has 8 nitrogen and oxygen atoms in total. The van der Waals surface area contributed by atoms with Crippen LogP contribution >= 0.6 is 0 Å². The van der Waals surface area contributed by atoms with Crippen molar-refractivity contribution in [3.8, 4) is 23.0 Å². The third-order valence-corrected chi connectivity index (χ3v) is 3.32. The number of amides is 1. The first-order valence-corrected chi connectivity index (χ1v) is 6.97. The number of phenols is 1. The average molecular weight is 327 g/mol. The second kappa shape index (κ2) is 6.29. The van der Waals surface area contributed by atoms with Crippen molar-refractivity contribution in [1.82, 2.24) is 15.6 Å². The van der Waals surface area contributed by atoms with E-state index in [0.29, 0.717) is 11.5 Å². The van der Waals surface area contributed by atoms with E-state index >= 15 is 0 Å². The number of H-pyrrole nitrogens is 1. The molecule has 0 aliphatic rings. The summed E-state index contributed by atoms with van der Waals surface area (Å²) in [4.78, 5) is 12.3. The van der Waals surface area contributed by atoms with Gasteiger partial charge < -0.3 is 14.3 Å². The van der Waals surface area contributed by atoms with Crippen molar-refractivity contribution in [3.05, 3.63) is 48.4 Å². The van der Waals surface area contributed by atoms with Gasteiger partial charge in [-0.1, -0.05) is 10.8 Å². The molecule has 0 aliphatic carbocycles. The van der Waals surface area contributed by atoms with Gasteiger partial charge in [-0.25, -0.2) is 0 Å². The maximum atomic E-state index is 12.3. The van der Waals surface area contributed by atoms with Gasteiger partial charge in [-0.2, -0.15) is 5.10 Å². The fraction of sp³-hybridized carbons (Fsp3) is 0.0625. The van der Waals surface area contributed by atoms with Crippen LogP contribution in [0.1, 0.15) is 10.5 Å². The summed E-state index contributed by atoms with van der Waals surface area (Å²) in [6.45, 7) is 3.70. The van der Waals surface area contributed by atoms with Gasteiger partial charge in [-0.15, -0.1) is 5.43 Å². The summed E-state index contributed by atoms with van der Waals surface area (Å²) >= 11 is 0. The van der Waals surface area contributed by atoms with E-state index in [2.05, 4.69) is 22.3 Å². The summed E-state index contributed by atoms with van der Waals surface area (Å²) in [5.74, 6) is 0.212. The van der Waals surface area contributed by atoms with Crippen LogP contribution < -0.4 is 10.2 Å². The molecule has 0 unspecified atom stereocenters. The number of methoxy groups -OCH3 is 1. The van der Waals surface area contributed by atoms with Crippen LogP contribution in [0.5, 0.6) is 11.5 Å². The lowest BCUT2D eigenvalue weighted by molar-refractivity contribution is -0.481. The molecule has 0 saturated heterocycles. The van der Waals surface area contributed by atoms with E-state index in [9.17, 15) is 9.90 Å². The Morgan fingerprint density at radius 2 is 2.25 bits per heavy atom. The predicted octanol–water partition coefficient (Wildman–Crippen LogP) is 2.07. The molecule has 2 aromatic heterocycles. The molecule has 0 atom stereocenters. The molecule has 0 bridgehead atoms. The number of phenolic OH excluding ortho intramolecular Hbond substituents is 1. The number of rotatable bonds is 5. The molecule has 2 heterocycles. The Kier molecular flexibility index (Phi) is 4.02. The highest BCUT2D eigenvalue weighted by atomic mass is 16.5. The van der Waals surface area contributed by atoms with Crippen LogP contribution in [0.4, 0.5) is 5.69 Å². The summed E-state index contributed by atoms with van der Waals surface area (Å²) in [6, 6.07) is 9.88. The molecule has 122 valence electrons. The Morgan fingerprint density at radius 3 is 2.96 bits per heavy atom. The fourth-order valence-electron chi connectivity index (χ4n) is 2.13. The van der Waals surface area contributed by atoms with Crippen molar-refractivity contribution in [2.75, 3.05) is 7.11 Å². The van der Waals surface area contributed by atoms with Crippen LogP contribution in [0.2, 0.25) is 0 Å². The summed E-state index contributed by atoms with van der Waals surface area (Å²) in [6.07, 6.45) is 1.53. The fourth-order valence-corrected chi connectivity index (χ4v) is 2.13. The van der Waals surface area contributed by atoms with Crippen LogP contribution in [0, 0.1) is 0 Å². The first kappa shape index (κ1) is 15.3. The number of nitrogens with zero attached hydrogens (tertiary/aromatic N) is 2. The standard InChI is InChI=1S/C16H14N4O4/c1-20(12-5-3-6-14(23-2)15(12)21)19-16(22)11-9-10(17-18-11)13-7-4-8-24-13/h3-9H,1H2,2H3,(H2-,17,18,19,21,22)/p+1. The van der Waals surface area contributed by atoms with Gasteiger partial charge in [0, 0.05) is 12.1 Å². The van der Waals surface area contributed by atoms with Crippen LogP contribution in [-0.4, -0.2) is 39.7 Å². The van der Waals surface area contributed by atoms with Crippen molar-refractivity contribution in [1.29, 1.82) is 0 Å². The number of aromatic hydroxyl groups is 1. The van der Waals surface area contributed by atoms with E-state index in [0.717, 1.165) is 4.68 Å². The Morgan fingerprint density at radius 1 is 1.42 bits per heavy atom. The minimum absolute atomic E-state index is 0.131. The van der Waals surface area contributed by atoms with E-state index in [4.69, 9.17) is 9.15 Å². The maximum absolute atomic E-state index is 12.3. The lowest BCUT2D eigenvalue weighted by atomic mass is 10.2. The number of ether oxygens (including phenoxy) is 1. The number of furan rings is 1. The third-order valence-electron chi connectivity index (χ3n) is 3.32. The number of carbonyl (C=O) groups excluding carboxylic acids is 1. The molecular formula is C16H15N4O4+. The van der Waals surface area contributed by atoms with Crippen LogP contribution in [0.25, 0.3) is 11.5 Å². The normalized spacial score (nSPS) is 10.4. The zero-order chi connectivity index (χ0) is 17.1. The number of nitrogens with one attached hydrogen (secondary N) is 2. The molecule has 0 fully saturated rings. The van der Waals surface area contributed by atoms with Crippen molar-refractivity contribution in [2.24, 2.45) is 0 Å². The van der Waals surface area contributed by atoms with E-state index < -0.39 is 5.91 Å². The molecule has 1 aromatic carbocycles. The topological polar surface area (TPSA) is 103 Å². The Labute approximate surface area is 137 Å². The van der Waals surface area contributed by atoms with Gasteiger partial charge in [0.05, 0.1) is 13.4 Å². The minimum atomic E-state index is -0.499. The van der Waals surface area contributed by atoms with Gasteiger partial charge in [-0.05, 0) is 18.2 Å². The van der Waals surface area contributed by atoms with Gasteiger partial charge in [0.1, 0.15) is 5.69 Å². The van der Waals surface area contributed by atoms with E-state index in [1.54, 1.807) is 36.4 Å². The van der Waals surface area contributed by atoms with Crippen LogP contribution in [0.15, 0.2) is 47.1 Å². The lowest BCUT2D eigenvalue weighted by Gasteiger charge is -2.06. The van der Waals surface area contributed by atoms with Gasteiger partial charge >= 0.3 is 5.91 Å². The third kappa shape index (κ3) is 2.84. The monoisotopic (exact) mass is 327 g/mol. The van der Waals surface area contributed by atoms with Gasteiger partial charge in [0.2, 0.25) is 5.75 Å². The predicted molar refractivity (Wildman–Crippen MR) is 85.5 cm³/mol. The van der Waals surface area contributed by atoms with Crippen molar-refractivity contribution in [3.63, 3.8) is 0 Å². The molecule has 0 aliphatic heterocycles. The summed E-state index contributed by atoms with van der Waals surface area (Å²) in [7, 11) is 1.44. The number of aromatic nitrogens is 2. The number of para-hydroxylation sites is 1. The maximum Gasteiger partial charge on any atom is 0.325 e. The molecule has 0 saturated carbocycles. The SMILES string of the molecule is C=[N+](NC(=O)c1cc(-c2ccco2)[nH]n1)c1cccc(OC)c1O. The second-order valence-electron chi connectivity index (χ2n) is 4.84. The Balaban J connectivity index is 1.76. The Hall–Kier alpha value is -3.55. The van der Waals surface area contributed by atoms with Gasteiger partial charge in [0.25, 0.3) is 5.69 Å². The number of aromatic amines is 1. The quantitative estimate of drug-likeness (QED) is 0.378. The van der Waals surface area contributed by atoms with Crippen molar-refractivity contribution in [2.45, 2.75) is 0 Å². The first-order chi connectivity index (χ1) is 11.6. The van der Waals surface area contributed by atoms with Crippen molar-refractivity contribution < 1.29 is 23.7 Å². The van der Waals surface area contributed by atoms with Crippen LogP contribution in [-0.2, 0) is 0 Å². The second-order valence-corrected chi connectivity index (χ2v) is 4.84. The summed E-state index contributed by atoms with van der Waals surface area (Å²) < 4.78 is 11.4. The molecule has 1 amide bonds. The molecular weight excluding hydrogens is 312 g/mol. The molecule has 3 rings (SSSR count). The molecule has 3 aromatic rings. The molecule has 0 spiro atoms. The lowest BCUT2D eigenvalue weighted by Crippen LogP contribution is -2.31.